The highest BCUT2D eigenvalue weighted by Crippen LogP contribution is 2.29. The number of aromatic nitrogens is 4. The molecule has 7 heteroatoms. The molecule has 3 aromatic rings. The molecule has 1 saturated heterocycles. The molecule has 0 unspecified atom stereocenters. The van der Waals surface area contributed by atoms with Gasteiger partial charge < -0.3 is 9.80 Å². The second-order valence-corrected chi connectivity index (χ2v) is 8.08. The molecular weight excluding hydrogens is 376 g/mol. The summed E-state index contributed by atoms with van der Waals surface area (Å²) < 4.78 is 1.89. The maximum Gasteiger partial charge on any atom is 0.227 e. The summed E-state index contributed by atoms with van der Waals surface area (Å²) in [6.07, 6.45) is 5.37. The van der Waals surface area contributed by atoms with Gasteiger partial charge in [-0.15, -0.1) is 0 Å². The van der Waals surface area contributed by atoms with Crippen LogP contribution in [-0.2, 0) is 4.79 Å². The summed E-state index contributed by atoms with van der Waals surface area (Å²) in [5.74, 6) is 1.13. The monoisotopic (exact) mass is 406 g/mol. The number of hydrogen-bond donors (Lipinski definition) is 0. The maximum absolute atomic E-state index is 12.9. The summed E-state index contributed by atoms with van der Waals surface area (Å²) in [7, 11) is 0. The molecule has 0 aliphatic carbocycles. The van der Waals surface area contributed by atoms with Gasteiger partial charge in [-0.1, -0.05) is 17.7 Å². The van der Waals surface area contributed by atoms with E-state index in [9.17, 15) is 4.79 Å². The van der Waals surface area contributed by atoms with E-state index in [4.69, 9.17) is 0 Å². The highest BCUT2D eigenvalue weighted by atomic mass is 16.2. The minimum Gasteiger partial charge on any atom is -0.355 e. The van der Waals surface area contributed by atoms with Gasteiger partial charge in [0.05, 0.1) is 23.2 Å². The lowest BCUT2D eigenvalue weighted by molar-refractivity contribution is -0.135. The normalized spacial score (nSPS) is 16.8. The molecular formula is C23H30N6O. The molecule has 3 heterocycles. The predicted octanol–water partition coefficient (Wildman–Crippen LogP) is 3.52. The quantitative estimate of drug-likeness (QED) is 0.649. The van der Waals surface area contributed by atoms with Crippen molar-refractivity contribution in [2.75, 3.05) is 31.1 Å². The Morgan fingerprint density at radius 2 is 2.00 bits per heavy atom. The van der Waals surface area contributed by atoms with E-state index in [-0.39, 0.29) is 11.8 Å². The lowest BCUT2D eigenvalue weighted by Gasteiger charge is -2.35. The molecule has 158 valence electrons. The van der Waals surface area contributed by atoms with Crippen molar-refractivity contribution in [3.63, 3.8) is 0 Å². The molecule has 0 saturated carbocycles. The van der Waals surface area contributed by atoms with Crippen molar-refractivity contribution in [2.24, 2.45) is 5.92 Å². The molecule has 1 atom stereocenters. The average Bonchev–Trinajstić information content (AvgIpc) is 3.18. The van der Waals surface area contributed by atoms with Crippen LogP contribution in [0.4, 0.5) is 5.82 Å². The number of benzene rings is 1. The molecule has 1 aliphatic rings. The molecule has 0 radical (unpaired) electrons. The molecule has 1 amide bonds. The first-order valence-corrected chi connectivity index (χ1v) is 10.8. The number of amides is 1. The van der Waals surface area contributed by atoms with Gasteiger partial charge in [0.1, 0.15) is 12.1 Å². The van der Waals surface area contributed by atoms with Crippen molar-refractivity contribution in [1.29, 1.82) is 0 Å². The number of anilines is 1. The summed E-state index contributed by atoms with van der Waals surface area (Å²) in [6, 6.07) is 6.32. The Morgan fingerprint density at radius 3 is 2.73 bits per heavy atom. The first kappa shape index (κ1) is 20.3. The molecule has 4 rings (SSSR count). The fourth-order valence-corrected chi connectivity index (χ4v) is 4.47. The zero-order chi connectivity index (χ0) is 21.3. The minimum absolute atomic E-state index is 0.0121. The second-order valence-electron chi connectivity index (χ2n) is 8.08. The number of rotatable bonds is 5. The molecule has 2 aromatic heterocycles. The molecule has 0 bridgehead atoms. The van der Waals surface area contributed by atoms with Crippen molar-refractivity contribution < 1.29 is 4.79 Å². The third-order valence-electron chi connectivity index (χ3n) is 6.07. The Balaban J connectivity index is 1.67. The number of fused-ring (bicyclic) bond motifs is 1. The van der Waals surface area contributed by atoms with E-state index in [0.717, 1.165) is 60.6 Å². The van der Waals surface area contributed by atoms with Gasteiger partial charge in [0.25, 0.3) is 0 Å². The van der Waals surface area contributed by atoms with Crippen molar-refractivity contribution in [1.82, 2.24) is 24.6 Å². The van der Waals surface area contributed by atoms with Crippen LogP contribution in [0.1, 0.15) is 37.8 Å². The number of piperidine rings is 1. The van der Waals surface area contributed by atoms with Crippen LogP contribution < -0.4 is 4.90 Å². The third kappa shape index (κ3) is 3.64. The van der Waals surface area contributed by atoms with Crippen molar-refractivity contribution in [3.05, 3.63) is 41.9 Å². The van der Waals surface area contributed by atoms with Crippen LogP contribution in [0, 0.1) is 19.8 Å². The van der Waals surface area contributed by atoms with E-state index < -0.39 is 0 Å². The topological polar surface area (TPSA) is 67.2 Å². The van der Waals surface area contributed by atoms with E-state index >= 15 is 0 Å². The van der Waals surface area contributed by atoms with E-state index in [0.29, 0.717) is 6.54 Å². The van der Waals surface area contributed by atoms with Gasteiger partial charge in [0, 0.05) is 26.2 Å². The Labute approximate surface area is 177 Å². The molecule has 30 heavy (non-hydrogen) atoms. The zero-order valence-corrected chi connectivity index (χ0v) is 18.3. The fraction of sp³-hybridized carbons (Fsp3) is 0.478. The number of carbonyl (C=O) groups excluding carboxylic acids is 1. The molecule has 7 nitrogen and oxygen atoms in total. The van der Waals surface area contributed by atoms with Crippen LogP contribution in [0.25, 0.3) is 16.7 Å². The van der Waals surface area contributed by atoms with Crippen LogP contribution in [0.5, 0.6) is 0 Å². The fourth-order valence-electron chi connectivity index (χ4n) is 4.47. The molecule has 0 N–H and O–H groups in total. The first-order chi connectivity index (χ1) is 14.5. The van der Waals surface area contributed by atoms with Gasteiger partial charge in [-0.25, -0.2) is 14.6 Å². The number of aryl methyl sites for hydroxylation is 2. The average molecular weight is 407 g/mol. The summed E-state index contributed by atoms with van der Waals surface area (Å²) in [4.78, 5) is 26.2. The van der Waals surface area contributed by atoms with Gasteiger partial charge in [0.2, 0.25) is 5.91 Å². The SMILES string of the molecule is CCN(CC)C(=O)[C@H]1CCCN(c2ncnc3c2cnn3-c2ccc(C)cc2C)C1. The van der Waals surface area contributed by atoms with Crippen LogP contribution in [0.15, 0.2) is 30.7 Å². The van der Waals surface area contributed by atoms with Crippen LogP contribution in [-0.4, -0.2) is 56.7 Å². The molecule has 0 spiro atoms. The Hall–Kier alpha value is -2.96. The van der Waals surface area contributed by atoms with Crippen LogP contribution in [0.2, 0.25) is 0 Å². The van der Waals surface area contributed by atoms with Gasteiger partial charge in [0.15, 0.2) is 5.65 Å². The van der Waals surface area contributed by atoms with Crippen LogP contribution >= 0.6 is 0 Å². The van der Waals surface area contributed by atoms with Gasteiger partial charge >= 0.3 is 0 Å². The highest BCUT2D eigenvalue weighted by Gasteiger charge is 2.30. The van der Waals surface area contributed by atoms with Crippen molar-refractivity contribution in [2.45, 2.75) is 40.5 Å². The largest absolute Gasteiger partial charge is 0.355 e. The first-order valence-electron chi connectivity index (χ1n) is 10.8. The van der Waals surface area contributed by atoms with E-state index in [1.165, 1.54) is 5.56 Å². The maximum atomic E-state index is 12.9. The Morgan fingerprint density at radius 1 is 1.20 bits per heavy atom. The Kier molecular flexibility index (Phi) is 5.70. The Bertz CT molecular complexity index is 1060. The van der Waals surface area contributed by atoms with E-state index in [2.05, 4.69) is 52.0 Å². The smallest absolute Gasteiger partial charge is 0.227 e. The van der Waals surface area contributed by atoms with E-state index in [1.54, 1.807) is 6.33 Å². The second kappa shape index (κ2) is 8.42. The summed E-state index contributed by atoms with van der Waals surface area (Å²) in [5.41, 5.74) is 4.20. The lowest BCUT2D eigenvalue weighted by atomic mass is 9.96. The lowest BCUT2D eigenvalue weighted by Crippen LogP contribution is -2.45. The summed E-state index contributed by atoms with van der Waals surface area (Å²) in [5, 5.41) is 5.56. The molecule has 1 aliphatic heterocycles. The number of hydrogen-bond acceptors (Lipinski definition) is 5. The van der Waals surface area contributed by atoms with Crippen molar-refractivity contribution >= 4 is 22.8 Å². The molecule has 1 aromatic carbocycles. The highest BCUT2D eigenvalue weighted by molar-refractivity contribution is 5.88. The minimum atomic E-state index is 0.0121. The van der Waals surface area contributed by atoms with E-state index in [1.807, 2.05) is 29.6 Å². The molecule has 1 fully saturated rings. The van der Waals surface area contributed by atoms with Gasteiger partial charge in [-0.05, 0) is 52.2 Å². The summed E-state index contributed by atoms with van der Waals surface area (Å²) in [6.45, 7) is 11.4. The third-order valence-corrected chi connectivity index (χ3v) is 6.07. The van der Waals surface area contributed by atoms with Gasteiger partial charge in [-0.3, -0.25) is 4.79 Å². The standard InChI is InChI=1S/C23H30N6O/c1-5-27(6-2)23(30)18-8-7-11-28(14-18)21-19-13-26-29(22(19)25-15-24-21)20-10-9-16(3)12-17(20)4/h9-10,12-13,15,18H,5-8,11,14H2,1-4H3/t18-/m0/s1. The number of carbonyl (C=O) groups is 1. The zero-order valence-electron chi connectivity index (χ0n) is 18.3. The van der Waals surface area contributed by atoms with Crippen LogP contribution in [0.3, 0.4) is 0 Å². The predicted molar refractivity (Wildman–Crippen MR) is 119 cm³/mol. The number of nitrogens with zero attached hydrogens (tertiary/aromatic N) is 6. The van der Waals surface area contributed by atoms with Gasteiger partial charge in [-0.2, -0.15) is 5.10 Å². The summed E-state index contributed by atoms with van der Waals surface area (Å²) >= 11 is 0. The van der Waals surface area contributed by atoms with Crippen molar-refractivity contribution in [3.8, 4) is 5.69 Å².